The van der Waals surface area contributed by atoms with Crippen LogP contribution in [0, 0.1) is 0 Å². The zero-order valence-corrected chi connectivity index (χ0v) is 11.1. The molecule has 0 spiro atoms. The molecule has 1 heterocycles. The Morgan fingerprint density at radius 2 is 1.94 bits per heavy atom. The number of hydrogen-bond donors (Lipinski definition) is 1. The summed E-state index contributed by atoms with van der Waals surface area (Å²) in [6, 6.07) is 9.19. The summed E-state index contributed by atoms with van der Waals surface area (Å²) in [6.45, 7) is 4.68. The third kappa shape index (κ3) is 2.13. The Morgan fingerprint density at radius 1 is 1.33 bits per heavy atom. The van der Waals surface area contributed by atoms with E-state index in [-0.39, 0.29) is 18.1 Å². The van der Waals surface area contributed by atoms with Crippen LogP contribution in [0.2, 0.25) is 0 Å². The van der Waals surface area contributed by atoms with Gasteiger partial charge in [-0.3, -0.25) is 9.69 Å². The summed E-state index contributed by atoms with van der Waals surface area (Å²) in [6.07, 6.45) is 0. The summed E-state index contributed by atoms with van der Waals surface area (Å²) in [5.74, 6) is -0.0394. The van der Waals surface area contributed by atoms with Gasteiger partial charge in [0.25, 0.3) is 0 Å². The van der Waals surface area contributed by atoms with Crippen molar-refractivity contribution in [2.75, 3.05) is 25.1 Å². The molecule has 0 bridgehead atoms. The Bertz CT molecular complexity index is 431. The summed E-state index contributed by atoms with van der Waals surface area (Å²) >= 11 is 0. The average Bonchev–Trinajstić information content (AvgIpc) is 2.29. The fraction of sp³-hybridized carbons (Fsp3) is 0.500. The van der Waals surface area contributed by atoms with Crippen molar-refractivity contribution in [1.29, 1.82) is 0 Å². The minimum Gasteiger partial charge on any atom is -0.394 e. The van der Waals surface area contributed by atoms with Crippen molar-refractivity contribution in [3.8, 4) is 0 Å². The molecule has 1 amide bonds. The van der Waals surface area contributed by atoms with Gasteiger partial charge in [-0.1, -0.05) is 18.2 Å². The third-order valence-electron chi connectivity index (χ3n) is 3.47. The number of para-hydroxylation sites is 1. The first kappa shape index (κ1) is 13.1. The van der Waals surface area contributed by atoms with Crippen molar-refractivity contribution in [1.82, 2.24) is 4.90 Å². The van der Waals surface area contributed by atoms with E-state index in [1.807, 2.05) is 56.1 Å². The van der Waals surface area contributed by atoms with Gasteiger partial charge in [-0.15, -0.1) is 0 Å². The summed E-state index contributed by atoms with van der Waals surface area (Å²) in [7, 11) is 1.88. The van der Waals surface area contributed by atoms with Gasteiger partial charge < -0.3 is 10.0 Å². The van der Waals surface area contributed by atoms with Crippen LogP contribution in [-0.4, -0.2) is 47.7 Å². The van der Waals surface area contributed by atoms with E-state index < -0.39 is 6.04 Å². The zero-order valence-electron chi connectivity index (χ0n) is 11.1. The van der Waals surface area contributed by atoms with Crippen LogP contribution >= 0.6 is 0 Å². The van der Waals surface area contributed by atoms with Gasteiger partial charge >= 0.3 is 0 Å². The van der Waals surface area contributed by atoms with Crippen LogP contribution < -0.4 is 4.90 Å². The number of benzene rings is 1. The maximum absolute atomic E-state index is 12.5. The van der Waals surface area contributed by atoms with Crippen LogP contribution in [0.15, 0.2) is 30.3 Å². The molecule has 1 aromatic rings. The van der Waals surface area contributed by atoms with Crippen LogP contribution in [0.4, 0.5) is 5.69 Å². The monoisotopic (exact) mass is 248 g/mol. The van der Waals surface area contributed by atoms with Crippen molar-refractivity contribution in [2.24, 2.45) is 0 Å². The molecule has 0 aromatic heterocycles. The van der Waals surface area contributed by atoms with E-state index in [1.54, 1.807) is 4.90 Å². The number of hydrogen-bond acceptors (Lipinski definition) is 3. The van der Waals surface area contributed by atoms with Crippen LogP contribution in [0.25, 0.3) is 0 Å². The summed E-state index contributed by atoms with van der Waals surface area (Å²) in [5, 5.41) is 9.38. The van der Waals surface area contributed by atoms with Crippen molar-refractivity contribution >= 4 is 11.6 Å². The molecule has 0 radical (unpaired) electrons. The van der Waals surface area contributed by atoms with E-state index in [4.69, 9.17) is 0 Å². The third-order valence-corrected chi connectivity index (χ3v) is 3.47. The van der Waals surface area contributed by atoms with Crippen molar-refractivity contribution in [3.63, 3.8) is 0 Å². The van der Waals surface area contributed by atoms with Crippen molar-refractivity contribution < 1.29 is 9.90 Å². The Kier molecular flexibility index (Phi) is 3.41. The number of aliphatic hydroxyl groups is 1. The molecule has 1 atom stereocenters. The number of rotatable bonds is 2. The Hall–Kier alpha value is -1.39. The minimum absolute atomic E-state index is 0.0394. The number of aliphatic hydroxyl groups excluding tert-OH is 1. The maximum Gasteiger partial charge on any atom is 0.247 e. The summed E-state index contributed by atoms with van der Waals surface area (Å²) < 4.78 is 0. The molecule has 1 aliphatic heterocycles. The molecule has 1 fully saturated rings. The lowest BCUT2D eigenvalue weighted by molar-refractivity contribution is -0.129. The van der Waals surface area contributed by atoms with Gasteiger partial charge in [0.05, 0.1) is 12.1 Å². The lowest BCUT2D eigenvalue weighted by Gasteiger charge is -2.49. The molecular weight excluding hydrogens is 228 g/mol. The second kappa shape index (κ2) is 4.71. The predicted octanol–water partition coefficient (Wildman–Crippen LogP) is 1.10. The zero-order chi connectivity index (χ0) is 13.3. The molecule has 4 nitrogen and oxygen atoms in total. The lowest BCUT2D eigenvalue weighted by atomic mass is 9.94. The number of likely N-dealkylation sites (N-methyl/N-ethyl adjacent to an activating group) is 1. The molecule has 98 valence electrons. The molecule has 0 aliphatic carbocycles. The number of carbonyl (C=O) groups excluding carboxylic acids is 1. The smallest absolute Gasteiger partial charge is 0.247 e. The minimum atomic E-state index is -0.446. The van der Waals surface area contributed by atoms with Gasteiger partial charge in [-0.2, -0.15) is 0 Å². The van der Waals surface area contributed by atoms with Gasteiger partial charge in [0.1, 0.15) is 6.04 Å². The average molecular weight is 248 g/mol. The van der Waals surface area contributed by atoms with E-state index in [1.165, 1.54) is 0 Å². The van der Waals surface area contributed by atoms with Crippen LogP contribution in [0.3, 0.4) is 0 Å². The predicted molar refractivity (Wildman–Crippen MR) is 71.5 cm³/mol. The number of nitrogens with zero attached hydrogens (tertiary/aromatic N) is 2. The largest absolute Gasteiger partial charge is 0.394 e. The molecule has 4 heteroatoms. The molecule has 1 unspecified atom stereocenters. The number of piperazine rings is 1. The second-order valence-corrected chi connectivity index (χ2v) is 5.44. The van der Waals surface area contributed by atoms with Gasteiger partial charge in [0.2, 0.25) is 5.91 Å². The molecular formula is C14H20N2O2. The van der Waals surface area contributed by atoms with E-state index in [0.29, 0.717) is 0 Å². The highest BCUT2D eigenvalue weighted by Gasteiger charge is 2.43. The van der Waals surface area contributed by atoms with Crippen LogP contribution in [0.5, 0.6) is 0 Å². The topological polar surface area (TPSA) is 43.8 Å². The highest BCUT2D eigenvalue weighted by Crippen LogP contribution is 2.30. The number of amides is 1. The second-order valence-electron chi connectivity index (χ2n) is 5.44. The first-order chi connectivity index (χ1) is 8.47. The normalized spacial score (nSPS) is 24.3. The van der Waals surface area contributed by atoms with Crippen LogP contribution in [-0.2, 0) is 4.79 Å². The Balaban J connectivity index is 2.40. The van der Waals surface area contributed by atoms with Crippen molar-refractivity contribution in [3.05, 3.63) is 30.3 Å². The fourth-order valence-electron chi connectivity index (χ4n) is 2.70. The van der Waals surface area contributed by atoms with Crippen molar-refractivity contribution in [2.45, 2.75) is 25.4 Å². The van der Waals surface area contributed by atoms with E-state index in [0.717, 1.165) is 12.2 Å². The summed E-state index contributed by atoms with van der Waals surface area (Å²) in [4.78, 5) is 16.2. The van der Waals surface area contributed by atoms with Gasteiger partial charge in [0, 0.05) is 12.2 Å². The SMILES string of the molecule is CN1CC(C)(C)N(c2ccccc2)C(=O)C1CO. The molecule has 1 aliphatic rings. The first-order valence-electron chi connectivity index (χ1n) is 6.17. The molecule has 1 aromatic carbocycles. The summed E-state index contributed by atoms with van der Waals surface area (Å²) in [5.41, 5.74) is 0.609. The fourth-order valence-corrected chi connectivity index (χ4v) is 2.70. The molecule has 1 saturated heterocycles. The first-order valence-corrected chi connectivity index (χ1v) is 6.17. The Morgan fingerprint density at radius 3 is 2.50 bits per heavy atom. The maximum atomic E-state index is 12.5. The van der Waals surface area contributed by atoms with Gasteiger partial charge in [-0.25, -0.2) is 0 Å². The van der Waals surface area contributed by atoms with E-state index >= 15 is 0 Å². The van der Waals surface area contributed by atoms with E-state index in [2.05, 4.69) is 0 Å². The standard InChI is InChI=1S/C14H20N2O2/c1-14(2)10-15(3)12(9-17)13(18)16(14)11-7-5-4-6-8-11/h4-8,12,17H,9-10H2,1-3H3. The number of anilines is 1. The van der Waals surface area contributed by atoms with Crippen LogP contribution in [0.1, 0.15) is 13.8 Å². The quantitative estimate of drug-likeness (QED) is 0.852. The molecule has 0 saturated carbocycles. The van der Waals surface area contributed by atoms with E-state index in [9.17, 15) is 9.90 Å². The van der Waals surface area contributed by atoms with Gasteiger partial charge in [0.15, 0.2) is 0 Å². The highest BCUT2D eigenvalue weighted by atomic mass is 16.3. The lowest BCUT2D eigenvalue weighted by Crippen LogP contribution is -2.66. The Labute approximate surface area is 108 Å². The molecule has 18 heavy (non-hydrogen) atoms. The molecule has 2 rings (SSSR count). The highest BCUT2D eigenvalue weighted by molar-refractivity contribution is 5.99. The number of carbonyl (C=O) groups is 1. The molecule has 1 N–H and O–H groups in total. The van der Waals surface area contributed by atoms with Gasteiger partial charge in [-0.05, 0) is 33.0 Å².